The fourth-order valence-corrected chi connectivity index (χ4v) is 3.30. The molecule has 0 N–H and O–H groups in total. The van der Waals surface area contributed by atoms with Gasteiger partial charge in [0.15, 0.2) is 0 Å². The average molecular weight is 273 g/mol. The first-order valence-electron chi connectivity index (χ1n) is 7.22. The summed E-state index contributed by atoms with van der Waals surface area (Å²) in [5, 5.41) is 4.88. The Balaban J connectivity index is 2.32. The lowest BCUT2D eigenvalue weighted by Gasteiger charge is -2.03. The Morgan fingerprint density at radius 1 is 0.952 bits per heavy atom. The number of nitrogens with zero attached hydrogens (tertiary/aromatic N) is 1. The second-order valence-corrected chi connectivity index (χ2v) is 5.32. The topological polar surface area (TPSA) is 22.0 Å². The SMILES string of the molecule is CCn1c2ccc(C=O)cc2c2c3ccccc3ccc21. The molecule has 3 aromatic carbocycles. The van der Waals surface area contributed by atoms with Gasteiger partial charge in [0.1, 0.15) is 6.29 Å². The van der Waals surface area contributed by atoms with E-state index in [2.05, 4.69) is 54.0 Å². The van der Waals surface area contributed by atoms with Gasteiger partial charge in [-0.05, 0) is 42.0 Å². The molecule has 0 atom stereocenters. The van der Waals surface area contributed by atoms with Crippen LogP contribution in [-0.2, 0) is 6.54 Å². The molecule has 0 radical (unpaired) electrons. The van der Waals surface area contributed by atoms with Crippen molar-refractivity contribution in [2.24, 2.45) is 0 Å². The molecule has 102 valence electrons. The van der Waals surface area contributed by atoms with Crippen LogP contribution in [0.2, 0.25) is 0 Å². The van der Waals surface area contributed by atoms with E-state index in [0.29, 0.717) is 0 Å². The van der Waals surface area contributed by atoms with Gasteiger partial charge in [0.25, 0.3) is 0 Å². The van der Waals surface area contributed by atoms with E-state index in [0.717, 1.165) is 23.8 Å². The van der Waals surface area contributed by atoms with Crippen molar-refractivity contribution in [1.82, 2.24) is 4.57 Å². The molecule has 4 aromatic rings. The lowest BCUT2D eigenvalue weighted by atomic mass is 10.0. The molecule has 0 aliphatic carbocycles. The number of hydrogen-bond donors (Lipinski definition) is 0. The summed E-state index contributed by atoms with van der Waals surface area (Å²) < 4.78 is 2.31. The summed E-state index contributed by atoms with van der Waals surface area (Å²) in [5.74, 6) is 0. The van der Waals surface area contributed by atoms with Crippen molar-refractivity contribution in [3.8, 4) is 0 Å². The summed E-state index contributed by atoms with van der Waals surface area (Å²) in [6, 6.07) is 18.7. The monoisotopic (exact) mass is 273 g/mol. The van der Waals surface area contributed by atoms with Gasteiger partial charge in [-0.2, -0.15) is 0 Å². The third-order valence-electron chi connectivity index (χ3n) is 4.23. The largest absolute Gasteiger partial charge is 0.341 e. The fraction of sp³-hybridized carbons (Fsp3) is 0.105. The number of carbonyl (C=O) groups excluding carboxylic acids is 1. The number of hydrogen-bond acceptors (Lipinski definition) is 1. The molecule has 0 spiro atoms. The minimum Gasteiger partial charge on any atom is -0.341 e. The molecule has 0 fully saturated rings. The van der Waals surface area contributed by atoms with Gasteiger partial charge in [0, 0.05) is 33.9 Å². The van der Waals surface area contributed by atoms with Crippen LogP contribution < -0.4 is 0 Å². The summed E-state index contributed by atoms with van der Waals surface area (Å²) in [5.41, 5.74) is 3.15. The fourth-order valence-electron chi connectivity index (χ4n) is 3.30. The quantitative estimate of drug-likeness (QED) is 0.482. The van der Waals surface area contributed by atoms with Crippen molar-refractivity contribution in [3.63, 3.8) is 0 Å². The molecule has 0 bridgehead atoms. The summed E-state index contributed by atoms with van der Waals surface area (Å²) in [6.45, 7) is 3.07. The summed E-state index contributed by atoms with van der Waals surface area (Å²) in [7, 11) is 0. The van der Waals surface area contributed by atoms with E-state index in [1.807, 2.05) is 12.1 Å². The van der Waals surface area contributed by atoms with Crippen LogP contribution in [0.5, 0.6) is 0 Å². The molecule has 4 rings (SSSR count). The standard InChI is InChI=1S/C19H15NO/c1-2-20-17-9-7-13(12-21)11-16(17)19-15-6-4-3-5-14(15)8-10-18(19)20/h3-12H,2H2,1H3. The van der Waals surface area contributed by atoms with Crippen LogP contribution in [0.25, 0.3) is 32.6 Å². The van der Waals surface area contributed by atoms with E-state index in [9.17, 15) is 4.79 Å². The van der Waals surface area contributed by atoms with Gasteiger partial charge in [-0.1, -0.05) is 30.3 Å². The van der Waals surface area contributed by atoms with E-state index >= 15 is 0 Å². The lowest BCUT2D eigenvalue weighted by molar-refractivity contribution is 0.112. The molecule has 2 heteroatoms. The zero-order valence-electron chi connectivity index (χ0n) is 11.8. The van der Waals surface area contributed by atoms with Crippen LogP contribution in [0.1, 0.15) is 17.3 Å². The number of aldehydes is 1. The molecular formula is C19H15NO. The Morgan fingerprint density at radius 3 is 2.57 bits per heavy atom. The maximum Gasteiger partial charge on any atom is 0.150 e. The van der Waals surface area contributed by atoms with Crippen molar-refractivity contribution in [1.29, 1.82) is 0 Å². The van der Waals surface area contributed by atoms with Gasteiger partial charge in [-0.3, -0.25) is 4.79 Å². The van der Waals surface area contributed by atoms with Crippen LogP contribution in [0.3, 0.4) is 0 Å². The van der Waals surface area contributed by atoms with Gasteiger partial charge in [0.05, 0.1) is 0 Å². The first-order chi connectivity index (χ1) is 10.3. The molecule has 0 saturated heterocycles. The van der Waals surface area contributed by atoms with Gasteiger partial charge in [0.2, 0.25) is 0 Å². The normalized spacial score (nSPS) is 11.5. The van der Waals surface area contributed by atoms with E-state index in [1.165, 1.54) is 27.2 Å². The Labute approximate surface area is 122 Å². The van der Waals surface area contributed by atoms with Gasteiger partial charge >= 0.3 is 0 Å². The van der Waals surface area contributed by atoms with Crippen LogP contribution in [0.4, 0.5) is 0 Å². The molecule has 0 aliphatic rings. The number of fused-ring (bicyclic) bond motifs is 5. The van der Waals surface area contributed by atoms with Gasteiger partial charge in [-0.25, -0.2) is 0 Å². The second-order valence-electron chi connectivity index (χ2n) is 5.32. The second kappa shape index (κ2) is 4.45. The molecule has 1 aromatic heterocycles. The number of aromatic nitrogens is 1. The highest BCUT2D eigenvalue weighted by Crippen LogP contribution is 2.35. The smallest absolute Gasteiger partial charge is 0.150 e. The Hall–Kier alpha value is -2.61. The molecule has 0 amide bonds. The molecule has 21 heavy (non-hydrogen) atoms. The highest BCUT2D eigenvalue weighted by Gasteiger charge is 2.12. The first-order valence-corrected chi connectivity index (χ1v) is 7.22. The van der Waals surface area contributed by atoms with E-state index in [1.54, 1.807) is 0 Å². The Bertz CT molecular complexity index is 995. The van der Waals surface area contributed by atoms with Crippen LogP contribution >= 0.6 is 0 Å². The predicted octanol–water partition coefficient (Wildman–Crippen LogP) is 4.78. The molecular weight excluding hydrogens is 258 g/mol. The van der Waals surface area contributed by atoms with Crippen molar-refractivity contribution in [2.75, 3.05) is 0 Å². The van der Waals surface area contributed by atoms with Gasteiger partial charge < -0.3 is 4.57 Å². The molecule has 0 saturated carbocycles. The molecule has 2 nitrogen and oxygen atoms in total. The summed E-state index contributed by atoms with van der Waals surface area (Å²) in [6.07, 6.45) is 0.916. The maximum absolute atomic E-state index is 11.1. The number of benzene rings is 3. The predicted molar refractivity (Wildman–Crippen MR) is 88.0 cm³/mol. The third-order valence-corrected chi connectivity index (χ3v) is 4.23. The van der Waals surface area contributed by atoms with E-state index in [4.69, 9.17) is 0 Å². The van der Waals surface area contributed by atoms with Crippen molar-refractivity contribution in [2.45, 2.75) is 13.5 Å². The average Bonchev–Trinajstić information content (AvgIpc) is 2.87. The lowest BCUT2D eigenvalue weighted by Crippen LogP contribution is -1.92. The Morgan fingerprint density at radius 2 is 1.76 bits per heavy atom. The van der Waals surface area contributed by atoms with Crippen LogP contribution in [0.15, 0.2) is 54.6 Å². The molecule has 0 unspecified atom stereocenters. The number of aryl methyl sites for hydroxylation is 1. The Kier molecular flexibility index (Phi) is 2.58. The van der Waals surface area contributed by atoms with Crippen molar-refractivity contribution in [3.05, 3.63) is 60.2 Å². The number of rotatable bonds is 2. The van der Waals surface area contributed by atoms with Crippen LogP contribution in [-0.4, -0.2) is 10.9 Å². The first kappa shape index (κ1) is 12.2. The zero-order valence-corrected chi connectivity index (χ0v) is 11.8. The van der Waals surface area contributed by atoms with Gasteiger partial charge in [-0.15, -0.1) is 0 Å². The van der Waals surface area contributed by atoms with E-state index in [-0.39, 0.29) is 0 Å². The molecule has 0 aliphatic heterocycles. The number of carbonyl (C=O) groups is 1. The van der Waals surface area contributed by atoms with Crippen LogP contribution in [0, 0.1) is 0 Å². The summed E-state index contributed by atoms with van der Waals surface area (Å²) in [4.78, 5) is 11.1. The van der Waals surface area contributed by atoms with E-state index < -0.39 is 0 Å². The maximum atomic E-state index is 11.1. The highest BCUT2D eigenvalue weighted by atomic mass is 16.1. The van der Waals surface area contributed by atoms with Crippen molar-refractivity contribution < 1.29 is 4.79 Å². The minimum atomic E-state index is 0.727. The highest BCUT2D eigenvalue weighted by molar-refractivity contribution is 6.21. The van der Waals surface area contributed by atoms with Crippen molar-refractivity contribution >= 4 is 38.9 Å². The third kappa shape index (κ3) is 1.62. The molecule has 1 heterocycles. The summed E-state index contributed by atoms with van der Waals surface area (Å²) >= 11 is 0. The minimum absolute atomic E-state index is 0.727. The zero-order chi connectivity index (χ0) is 14.4.